The first kappa shape index (κ1) is 15.6. The summed E-state index contributed by atoms with van der Waals surface area (Å²) in [6, 6.07) is 4.27. The predicted octanol–water partition coefficient (Wildman–Crippen LogP) is 2.95. The molecule has 0 bridgehead atoms. The molecule has 1 aliphatic rings. The molecule has 1 unspecified atom stereocenters. The standard InChI is InChI=1S/C13H16F3N3O2/c14-13(15,16)10-2-1-5-18(8-10)7-9-3-4-12(19(20)21)11(17)6-9/h3-4,6,10H,1-2,5,7-8,17H2. The summed E-state index contributed by atoms with van der Waals surface area (Å²) in [5.41, 5.74) is 6.11. The predicted molar refractivity (Wildman–Crippen MR) is 71.6 cm³/mol. The van der Waals surface area contributed by atoms with Crippen molar-refractivity contribution in [2.24, 2.45) is 5.92 Å². The van der Waals surface area contributed by atoms with E-state index >= 15 is 0 Å². The molecule has 1 aromatic rings. The number of anilines is 1. The van der Waals surface area contributed by atoms with Gasteiger partial charge in [0.1, 0.15) is 5.69 Å². The lowest BCUT2D eigenvalue weighted by molar-refractivity contribution is -0.383. The summed E-state index contributed by atoms with van der Waals surface area (Å²) < 4.78 is 38.2. The second-order valence-corrected chi connectivity index (χ2v) is 5.27. The maximum Gasteiger partial charge on any atom is 0.393 e. The summed E-state index contributed by atoms with van der Waals surface area (Å²) in [6.07, 6.45) is -3.53. The Balaban J connectivity index is 2.05. The van der Waals surface area contributed by atoms with Gasteiger partial charge < -0.3 is 5.73 Å². The Labute approximate surface area is 119 Å². The lowest BCUT2D eigenvalue weighted by Crippen LogP contribution is -2.41. The van der Waals surface area contributed by atoms with E-state index in [0.29, 0.717) is 25.1 Å². The van der Waals surface area contributed by atoms with E-state index in [-0.39, 0.29) is 24.3 Å². The van der Waals surface area contributed by atoms with E-state index in [1.54, 1.807) is 4.90 Å². The van der Waals surface area contributed by atoms with E-state index in [4.69, 9.17) is 5.73 Å². The van der Waals surface area contributed by atoms with Gasteiger partial charge in [-0.2, -0.15) is 13.2 Å². The molecule has 5 nitrogen and oxygen atoms in total. The Morgan fingerprint density at radius 1 is 1.43 bits per heavy atom. The lowest BCUT2D eigenvalue weighted by atomic mass is 9.97. The maximum atomic E-state index is 12.7. The van der Waals surface area contributed by atoms with Crippen LogP contribution in [0.1, 0.15) is 18.4 Å². The quantitative estimate of drug-likeness (QED) is 0.529. The van der Waals surface area contributed by atoms with Crippen LogP contribution in [0.3, 0.4) is 0 Å². The summed E-state index contributed by atoms with van der Waals surface area (Å²) in [6.45, 7) is 0.860. The second-order valence-electron chi connectivity index (χ2n) is 5.27. The van der Waals surface area contributed by atoms with Crippen LogP contribution in [0.2, 0.25) is 0 Å². The van der Waals surface area contributed by atoms with Gasteiger partial charge in [-0.15, -0.1) is 0 Å². The molecule has 8 heteroatoms. The number of hydrogen-bond acceptors (Lipinski definition) is 4. The van der Waals surface area contributed by atoms with Crippen molar-refractivity contribution >= 4 is 11.4 Å². The van der Waals surface area contributed by atoms with Crippen LogP contribution in [0, 0.1) is 16.0 Å². The average molecular weight is 303 g/mol. The van der Waals surface area contributed by atoms with Crippen molar-refractivity contribution in [1.29, 1.82) is 0 Å². The van der Waals surface area contributed by atoms with Crippen molar-refractivity contribution in [3.05, 3.63) is 33.9 Å². The van der Waals surface area contributed by atoms with Gasteiger partial charge in [0, 0.05) is 19.2 Å². The fourth-order valence-corrected chi connectivity index (χ4v) is 2.59. The zero-order valence-corrected chi connectivity index (χ0v) is 11.3. The summed E-state index contributed by atoms with van der Waals surface area (Å²) in [5, 5.41) is 10.7. The third kappa shape index (κ3) is 3.84. The summed E-state index contributed by atoms with van der Waals surface area (Å²) in [4.78, 5) is 11.8. The van der Waals surface area contributed by atoms with E-state index < -0.39 is 17.0 Å². The molecule has 0 saturated carbocycles. The number of nitrogens with two attached hydrogens (primary N) is 1. The average Bonchev–Trinajstić information content (AvgIpc) is 2.37. The SMILES string of the molecule is Nc1cc(CN2CCCC(C(F)(F)F)C2)ccc1[N+](=O)[O-]. The van der Waals surface area contributed by atoms with E-state index in [9.17, 15) is 23.3 Å². The number of nitro groups is 1. The highest BCUT2D eigenvalue weighted by molar-refractivity contribution is 5.59. The number of piperidine rings is 1. The maximum absolute atomic E-state index is 12.7. The summed E-state index contributed by atoms with van der Waals surface area (Å²) in [7, 11) is 0. The number of nitro benzene ring substituents is 1. The normalized spacial score (nSPS) is 20.4. The Hall–Kier alpha value is -1.83. The van der Waals surface area contributed by atoms with Crippen molar-refractivity contribution in [2.45, 2.75) is 25.6 Å². The Morgan fingerprint density at radius 3 is 2.71 bits per heavy atom. The van der Waals surface area contributed by atoms with Crippen LogP contribution < -0.4 is 5.73 Å². The highest BCUT2D eigenvalue weighted by atomic mass is 19.4. The van der Waals surface area contributed by atoms with E-state index in [0.717, 1.165) is 0 Å². The van der Waals surface area contributed by atoms with Gasteiger partial charge in [0.05, 0.1) is 10.8 Å². The molecular formula is C13H16F3N3O2. The highest BCUT2D eigenvalue weighted by Crippen LogP contribution is 2.33. The lowest BCUT2D eigenvalue weighted by Gasteiger charge is -2.33. The number of likely N-dealkylation sites (tertiary alicyclic amines) is 1. The van der Waals surface area contributed by atoms with Crippen LogP contribution in [0.25, 0.3) is 0 Å². The van der Waals surface area contributed by atoms with Gasteiger partial charge in [-0.1, -0.05) is 6.07 Å². The first-order valence-corrected chi connectivity index (χ1v) is 6.59. The number of hydrogen-bond donors (Lipinski definition) is 1. The largest absolute Gasteiger partial charge is 0.393 e. The summed E-state index contributed by atoms with van der Waals surface area (Å²) >= 11 is 0. The number of nitrogens with zero attached hydrogens (tertiary/aromatic N) is 2. The van der Waals surface area contributed by atoms with Crippen molar-refractivity contribution in [2.75, 3.05) is 18.8 Å². The van der Waals surface area contributed by atoms with Crippen molar-refractivity contribution < 1.29 is 18.1 Å². The minimum atomic E-state index is -4.17. The molecule has 116 valence electrons. The van der Waals surface area contributed by atoms with E-state index in [1.165, 1.54) is 18.2 Å². The van der Waals surface area contributed by atoms with E-state index in [1.807, 2.05) is 0 Å². The van der Waals surface area contributed by atoms with Crippen LogP contribution >= 0.6 is 0 Å². The van der Waals surface area contributed by atoms with Crippen LogP contribution in [0.4, 0.5) is 24.5 Å². The number of nitrogen functional groups attached to an aromatic ring is 1. The van der Waals surface area contributed by atoms with Crippen molar-refractivity contribution in [3.8, 4) is 0 Å². The molecule has 1 aliphatic heterocycles. The van der Waals surface area contributed by atoms with Gasteiger partial charge in [0.2, 0.25) is 0 Å². The molecule has 1 fully saturated rings. The zero-order chi connectivity index (χ0) is 15.6. The second kappa shape index (κ2) is 5.88. The molecule has 0 aromatic heterocycles. The minimum absolute atomic E-state index is 0.0295. The Bertz CT molecular complexity index is 534. The molecule has 1 aromatic carbocycles. The molecule has 0 radical (unpaired) electrons. The van der Waals surface area contributed by atoms with E-state index in [2.05, 4.69) is 0 Å². The van der Waals surface area contributed by atoms with Gasteiger partial charge in [-0.3, -0.25) is 15.0 Å². The smallest absolute Gasteiger partial charge is 0.393 e. The number of rotatable bonds is 3. The van der Waals surface area contributed by atoms with Crippen LogP contribution in [-0.2, 0) is 6.54 Å². The van der Waals surface area contributed by atoms with Gasteiger partial charge in [-0.05, 0) is 31.0 Å². The fraction of sp³-hybridized carbons (Fsp3) is 0.538. The number of alkyl halides is 3. The topological polar surface area (TPSA) is 72.4 Å². The molecule has 1 saturated heterocycles. The molecule has 1 atom stereocenters. The van der Waals surface area contributed by atoms with Crippen LogP contribution in [-0.4, -0.2) is 29.1 Å². The summed E-state index contributed by atoms with van der Waals surface area (Å²) in [5.74, 6) is -1.30. The molecule has 2 rings (SSSR count). The van der Waals surface area contributed by atoms with Gasteiger partial charge in [0.25, 0.3) is 5.69 Å². The number of halogens is 3. The molecule has 1 heterocycles. The molecule has 0 amide bonds. The zero-order valence-electron chi connectivity index (χ0n) is 11.3. The van der Waals surface area contributed by atoms with Crippen LogP contribution in [0.15, 0.2) is 18.2 Å². The van der Waals surface area contributed by atoms with Gasteiger partial charge in [-0.25, -0.2) is 0 Å². The third-order valence-electron chi connectivity index (χ3n) is 3.66. The highest BCUT2D eigenvalue weighted by Gasteiger charge is 2.41. The first-order valence-electron chi connectivity index (χ1n) is 6.59. The molecule has 2 N–H and O–H groups in total. The Kier molecular flexibility index (Phi) is 4.36. The number of benzene rings is 1. The molecule has 0 spiro atoms. The fourth-order valence-electron chi connectivity index (χ4n) is 2.59. The van der Waals surface area contributed by atoms with Crippen molar-refractivity contribution in [3.63, 3.8) is 0 Å². The third-order valence-corrected chi connectivity index (χ3v) is 3.66. The monoisotopic (exact) mass is 303 g/mol. The molecule has 21 heavy (non-hydrogen) atoms. The van der Waals surface area contributed by atoms with Crippen molar-refractivity contribution in [1.82, 2.24) is 4.90 Å². The Morgan fingerprint density at radius 2 is 2.14 bits per heavy atom. The first-order chi connectivity index (χ1) is 9.77. The van der Waals surface area contributed by atoms with Crippen LogP contribution in [0.5, 0.6) is 0 Å². The van der Waals surface area contributed by atoms with Gasteiger partial charge >= 0.3 is 6.18 Å². The van der Waals surface area contributed by atoms with Gasteiger partial charge in [0.15, 0.2) is 0 Å². The minimum Gasteiger partial charge on any atom is -0.393 e. The molecule has 0 aliphatic carbocycles. The molecular weight excluding hydrogens is 287 g/mol.